The summed E-state index contributed by atoms with van der Waals surface area (Å²) in [7, 11) is 0. The SMILES string of the molecule is N#Cc1cc(-c2n[nH]c3cc(F)c(O[C@H](N)c4c(Cl)cncc4Cl)cc23)cc(F)c1N1CCC1. The first-order valence-electron chi connectivity index (χ1n) is 10.2. The van der Waals surface area contributed by atoms with Gasteiger partial charge in [-0.2, -0.15) is 10.4 Å². The van der Waals surface area contributed by atoms with Crippen molar-refractivity contribution < 1.29 is 13.5 Å². The second kappa shape index (κ2) is 8.72. The highest BCUT2D eigenvalue weighted by molar-refractivity contribution is 6.35. The van der Waals surface area contributed by atoms with Gasteiger partial charge in [0.1, 0.15) is 17.6 Å². The molecule has 1 aliphatic rings. The maximum absolute atomic E-state index is 15.0. The highest BCUT2D eigenvalue weighted by Crippen LogP contribution is 2.37. The molecule has 11 heteroatoms. The molecule has 3 heterocycles. The number of fused-ring (bicyclic) bond motifs is 1. The molecular weight excluding hydrogens is 485 g/mol. The van der Waals surface area contributed by atoms with Crippen LogP contribution in [0.1, 0.15) is 23.8 Å². The highest BCUT2D eigenvalue weighted by Gasteiger charge is 2.24. The summed E-state index contributed by atoms with van der Waals surface area (Å²) in [5.74, 6) is -1.39. The fraction of sp³-hybridized carbons (Fsp3) is 0.174. The van der Waals surface area contributed by atoms with Crippen molar-refractivity contribution in [3.8, 4) is 23.1 Å². The van der Waals surface area contributed by atoms with Gasteiger partial charge in [0.05, 0.1) is 26.8 Å². The number of halogens is 4. The predicted molar refractivity (Wildman–Crippen MR) is 125 cm³/mol. The number of hydrogen-bond acceptors (Lipinski definition) is 6. The number of pyridine rings is 1. The lowest BCUT2D eigenvalue weighted by molar-refractivity contribution is 0.205. The molecule has 7 nitrogen and oxygen atoms in total. The Hall–Kier alpha value is -3.45. The van der Waals surface area contributed by atoms with Gasteiger partial charge in [-0.3, -0.25) is 15.8 Å². The number of nitrogens with one attached hydrogen (secondary N) is 1. The molecule has 1 atom stereocenters. The molecule has 0 amide bonds. The molecule has 0 bridgehead atoms. The minimum Gasteiger partial charge on any atom is -0.468 e. The first-order valence-corrected chi connectivity index (χ1v) is 11.0. The number of ether oxygens (including phenoxy) is 1. The van der Waals surface area contributed by atoms with Crippen LogP contribution in [-0.2, 0) is 0 Å². The summed E-state index contributed by atoms with van der Waals surface area (Å²) in [4.78, 5) is 5.68. The summed E-state index contributed by atoms with van der Waals surface area (Å²) >= 11 is 12.3. The van der Waals surface area contributed by atoms with E-state index in [1.807, 2.05) is 4.90 Å². The number of aromatic amines is 1. The number of aromatic nitrogens is 3. The molecule has 34 heavy (non-hydrogen) atoms. The number of nitrogens with zero attached hydrogens (tertiary/aromatic N) is 4. The lowest BCUT2D eigenvalue weighted by Gasteiger charge is -2.34. The van der Waals surface area contributed by atoms with Crippen molar-refractivity contribution in [3.05, 3.63) is 69.5 Å². The zero-order valence-electron chi connectivity index (χ0n) is 17.4. The van der Waals surface area contributed by atoms with Crippen LogP contribution < -0.4 is 15.4 Å². The first-order chi connectivity index (χ1) is 16.4. The van der Waals surface area contributed by atoms with Crippen molar-refractivity contribution in [3.63, 3.8) is 0 Å². The van der Waals surface area contributed by atoms with E-state index in [1.54, 1.807) is 6.07 Å². The molecule has 0 saturated carbocycles. The van der Waals surface area contributed by atoms with Crippen molar-refractivity contribution in [2.45, 2.75) is 12.6 Å². The fourth-order valence-corrected chi connectivity index (χ4v) is 4.48. The molecule has 1 saturated heterocycles. The lowest BCUT2D eigenvalue weighted by atomic mass is 10.0. The molecule has 0 aliphatic carbocycles. The van der Waals surface area contributed by atoms with E-state index in [1.165, 1.54) is 30.6 Å². The Balaban J connectivity index is 1.55. The third-order valence-electron chi connectivity index (χ3n) is 5.67. The number of nitrogens with two attached hydrogens (primary N) is 1. The van der Waals surface area contributed by atoms with Crippen LogP contribution in [-0.4, -0.2) is 28.3 Å². The van der Waals surface area contributed by atoms with Crippen LogP contribution in [0.5, 0.6) is 5.75 Å². The van der Waals surface area contributed by atoms with Crippen molar-refractivity contribution in [1.82, 2.24) is 15.2 Å². The number of hydrogen-bond donors (Lipinski definition) is 2. The quantitative estimate of drug-likeness (QED) is 0.359. The summed E-state index contributed by atoms with van der Waals surface area (Å²) in [5, 5.41) is 17.4. The van der Waals surface area contributed by atoms with E-state index in [2.05, 4.69) is 21.3 Å². The topological polar surface area (TPSA) is 104 Å². The molecular formula is C23H16Cl2F2N6O. The summed E-state index contributed by atoms with van der Waals surface area (Å²) in [5.41, 5.74) is 7.89. The van der Waals surface area contributed by atoms with Crippen LogP contribution in [0.4, 0.5) is 14.5 Å². The van der Waals surface area contributed by atoms with Crippen LogP contribution in [0, 0.1) is 23.0 Å². The van der Waals surface area contributed by atoms with Gasteiger partial charge in [-0.05, 0) is 24.6 Å². The van der Waals surface area contributed by atoms with Crippen molar-refractivity contribution in [2.75, 3.05) is 18.0 Å². The Morgan fingerprint density at radius 1 is 1.12 bits per heavy atom. The average Bonchev–Trinajstić information content (AvgIpc) is 3.16. The third-order valence-corrected chi connectivity index (χ3v) is 6.28. The number of anilines is 1. The molecule has 4 aromatic rings. The maximum atomic E-state index is 15.0. The second-order valence-corrected chi connectivity index (χ2v) is 8.58. The van der Waals surface area contributed by atoms with E-state index in [0.29, 0.717) is 35.2 Å². The molecule has 2 aromatic heterocycles. The minimum atomic E-state index is -1.18. The van der Waals surface area contributed by atoms with Crippen LogP contribution in [0.25, 0.3) is 22.2 Å². The van der Waals surface area contributed by atoms with Crippen LogP contribution in [0.15, 0.2) is 36.7 Å². The largest absolute Gasteiger partial charge is 0.468 e. The zero-order chi connectivity index (χ0) is 24.0. The molecule has 0 unspecified atom stereocenters. The van der Waals surface area contributed by atoms with Crippen LogP contribution in [0.3, 0.4) is 0 Å². The molecule has 0 radical (unpaired) electrons. The number of nitriles is 1. The van der Waals surface area contributed by atoms with Crippen LogP contribution >= 0.6 is 23.2 Å². The van der Waals surface area contributed by atoms with Gasteiger partial charge in [0, 0.05) is 48.1 Å². The van der Waals surface area contributed by atoms with Gasteiger partial charge >= 0.3 is 0 Å². The summed E-state index contributed by atoms with van der Waals surface area (Å²) in [6.45, 7) is 1.39. The smallest absolute Gasteiger partial charge is 0.177 e. The molecule has 3 N–H and O–H groups in total. The normalized spacial score (nSPS) is 14.1. The van der Waals surface area contributed by atoms with E-state index in [0.717, 1.165) is 6.42 Å². The van der Waals surface area contributed by atoms with Gasteiger partial charge in [0.2, 0.25) is 0 Å². The van der Waals surface area contributed by atoms with Crippen molar-refractivity contribution in [1.29, 1.82) is 5.26 Å². The Bertz CT molecular complexity index is 1440. The highest BCUT2D eigenvalue weighted by atomic mass is 35.5. The van der Waals surface area contributed by atoms with E-state index < -0.39 is 17.9 Å². The standard InChI is InChI=1S/C23H16Cl2F2N6O/c24-14-9-30-10-15(25)20(14)23(29)34-19-6-13-18(7-16(19)26)31-32-21(13)11-4-12(8-28)22(17(27)5-11)33-2-1-3-33/h4-7,9-10,23H,1-3,29H2,(H,31,32)/t23-/m0/s1. The third kappa shape index (κ3) is 3.80. The predicted octanol–water partition coefficient (Wildman–Crippen LogP) is 5.33. The van der Waals surface area contributed by atoms with Crippen LogP contribution in [0.2, 0.25) is 10.0 Å². The van der Waals surface area contributed by atoms with Gasteiger partial charge in [-0.15, -0.1) is 0 Å². The molecule has 172 valence electrons. The molecule has 1 fully saturated rings. The van der Waals surface area contributed by atoms with E-state index in [4.69, 9.17) is 33.7 Å². The Labute approximate surface area is 202 Å². The van der Waals surface area contributed by atoms with E-state index in [9.17, 15) is 14.0 Å². The van der Waals surface area contributed by atoms with Crippen molar-refractivity contribution in [2.24, 2.45) is 5.73 Å². The molecule has 1 aliphatic heterocycles. The molecule has 0 spiro atoms. The Morgan fingerprint density at radius 3 is 2.50 bits per heavy atom. The van der Waals surface area contributed by atoms with E-state index >= 15 is 0 Å². The minimum absolute atomic E-state index is 0.173. The molecule has 5 rings (SSSR count). The van der Waals surface area contributed by atoms with E-state index in [-0.39, 0.29) is 32.6 Å². The van der Waals surface area contributed by atoms with Gasteiger partial charge in [0.25, 0.3) is 0 Å². The fourth-order valence-electron chi connectivity index (χ4n) is 3.90. The maximum Gasteiger partial charge on any atom is 0.177 e. The van der Waals surface area contributed by atoms with Gasteiger partial charge < -0.3 is 9.64 Å². The van der Waals surface area contributed by atoms with Gasteiger partial charge in [-0.1, -0.05) is 23.2 Å². The number of H-pyrrole nitrogens is 1. The van der Waals surface area contributed by atoms with Crippen molar-refractivity contribution >= 4 is 39.8 Å². The lowest BCUT2D eigenvalue weighted by Crippen LogP contribution is -2.38. The zero-order valence-corrected chi connectivity index (χ0v) is 19.0. The Kier molecular flexibility index (Phi) is 5.73. The monoisotopic (exact) mass is 500 g/mol. The summed E-state index contributed by atoms with van der Waals surface area (Å²) in [6, 6.07) is 7.54. The Morgan fingerprint density at radius 2 is 1.85 bits per heavy atom. The number of rotatable bonds is 5. The van der Waals surface area contributed by atoms with Gasteiger partial charge in [0.15, 0.2) is 17.8 Å². The average molecular weight is 501 g/mol. The first kappa shape index (κ1) is 22.3. The van der Waals surface area contributed by atoms with Gasteiger partial charge in [-0.25, -0.2) is 8.78 Å². The second-order valence-electron chi connectivity index (χ2n) is 7.76. The number of benzene rings is 2. The summed E-state index contributed by atoms with van der Waals surface area (Å²) in [6.07, 6.45) is 2.47. The summed E-state index contributed by atoms with van der Waals surface area (Å²) < 4.78 is 35.4. The molecule has 2 aromatic carbocycles.